The maximum atomic E-state index is 13.1. The van der Waals surface area contributed by atoms with E-state index in [0.29, 0.717) is 19.3 Å². The molecular formula is C27H32N2O5. The van der Waals surface area contributed by atoms with Crippen LogP contribution in [0.15, 0.2) is 48.5 Å². The molecular weight excluding hydrogens is 432 g/mol. The number of benzene rings is 2. The molecule has 7 nitrogen and oxygen atoms in total. The fourth-order valence-electron chi connectivity index (χ4n) is 5.05. The first-order valence-corrected chi connectivity index (χ1v) is 12.0. The van der Waals surface area contributed by atoms with E-state index >= 15 is 0 Å². The molecule has 0 aliphatic heterocycles. The van der Waals surface area contributed by atoms with Crippen LogP contribution in [0.4, 0.5) is 4.79 Å². The van der Waals surface area contributed by atoms with Crippen molar-refractivity contribution in [1.82, 2.24) is 10.6 Å². The van der Waals surface area contributed by atoms with E-state index in [1.165, 1.54) is 0 Å². The maximum Gasteiger partial charge on any atom is 0.407 e. The zero-order chi connectivity index (χ0) is 24.3. The second-order valence-corrected chi connectivity index (χ2v) is 9.53. The zero-order valence-electron chi connectivity index (χ0n) is 19.7. The Labute approximate surface area is 199 Å². The number of amides is 2. The minimum absolute atomic E-state index is 0.0668. The molecule has 0 spiro atoms. The quantitative estimate of drug-likeness (QED) is 0.508. The average molecular weight is 465 g/mol. The van der Waals surface area contributed by atoms with Gasteiger partial charge < -0.3 is 20.5 Å². The lowest BCUT2D eigenvalue weighted by Gasteiger charge is -2.42. The molecule has 2 aromatic rings. The van der Waals surface area contributed by atoms with Crippen molar-refractivity contribution < 1.29 is 24.2 Å². The SMILES string of the molecule is CC[C@H](C)[C@H](NC(=O)OCC1c2ccccc2-c2ccccc21)C(=O)NC1(CC(=O)O)CCC1. The number of carbonyl (C=O) groups is 3. The van der Waals surface area contributed by atoms with Gasteiger partial charge in [-0.15, -0.1) is 0 Å². The Bertz CT molecular complexity index is 1030. The predicted molar refractivity (Wildman–Crippen MR) is 128 cm³/mol. The van der Waals surface area contributed by atoms with E-state index in [1.54, 1.807) is 0 Å². The zero-order valence-corrected chi connectivity index (χ0v) is 19.7. The van der Waals surface area contributed by atoms with E-state index < -0.39 is 23.6 Å². The molecule has 2 aliphatic rings. The predicted octanol–water partition coefficient (Wildman–Crippen LogP) is 4.45. The van der Waals surface area contributed by atoms with E-state index in [9.17, 15) is 19.5 Å². The lowest BCUT2D eigenvalue weighted by atomic mass is 9.74. The molecule has 0 heterocycles. The summed E-state index contributed by atoms with van der Waals surface area (Å²) >= 11 is 0. The molecule has 0 radical (unpaired) electrons. The van der Waals surface area contributed by atoms with E-state index in [1.807, 2.05) is 38.1 Å². The van der Waals surface area contributed by atoms with Gasteiger partial charge in [-0.1, -0.05) is 68.8 Å². The number of hydrogen-bond acceptors (Lipinski definition) is 4. The first kappa shape index (κ1) is 23.8. The largest absolute Gasteiger partial charge is 0.481 e. The van der Waals surface area contributed by atoms with Crippen molar-refractivity contribution >= 4 is 18.0 Å². The molecule has 0 saturated heterocycles. The average Bonchev–Trinajstić information content (AvgIpc) is 3.12. The standard InChI is InChI=1S/C27H32N2O5/c1-3-17(2)24(25(32)29-27(13-8-14-27)15-23(30)31)28-26(33)34-16-22-20-11-6-4-9-18(20)19-10-5-7-12-21(19)22/h4-7,9-12,17,22,24H,3,8,13-16H2,1-2H3,(H,28,33)(H,29,32)(H,30,31)/t17-,24-/m0/s1. The van der Waals surface area contributed by atoms with Crippen molar-refractivity contribution in [3.05, 3.63) is 59.7 Å². The number of aliphatic carboxylic acids is 1. The van der Waals surface area contributed by atoms with Crippen LogP contribution in [0.2, 0.25) is 0 Å². The molecule has 0 aromatic heterocycles. The summed E-state index contributed by atoms with van der Waals surface area (Å²) in [5.74, 6) is -1.50. The lowest BCUT2D eigenvalue weighted by molar-refractivity contribution is -0.140. The van der Waals surface area contributed by atoms with Gasteiger partial charge in [0, 0.05) is 5.92 Å². The number of carboxylic acid groups (broad SMARTS) is 1. The van der Waals surface area contributed by atoms with Crippen molar-refractivity contribution in [3.8, 4) is 11.1 Å². The van der Waals surface area contributed by atoms with Gasteiger partial charge in [0.15, 0.2) is 0 Å². The highest BCUT2D eigenvalue weighted by Crippen LogP contribution is 2.44. The third-order valence-corrected chi connectivity index (χ3v) is 7.30. The van der Waals surface area contributed by atoms with Crippen LogP contribution < -0.4 is 10.6 Å². The number of rotatable bonds is 9. The Morgan fingerprint density at radius 1 is 1.06 bits per heavy atom. The number of hydrogen-bond donors (Lipinski definition) is 3. The van der Waals surface area contributed by atoms with Gasteiger partial charge in [-0.2, -0.15) is 0 Å². The van der Waals surface area contributed by atoms with Crippen LogP contribution in [0.25, 0.3) is 11.1 Å². The Morgan fingerprint density at radius 3 is 2.15 bits per heavy atom. The molecule has 2 amide bonds. The Hall–Kier alpha value is -3.35. The molecule has 0 unspecified atom stereocenters. The molecule has 7 heteroatoms. The summed E-state index contributed by atoms with van der Waals surface area (Å²) in [5.41, 5.74) is 3.81. The summed E-state index contributed by atoms with van der Waals surface area (Å²) in [6.07, 6.45) is 2.04. The fraction of sp³-hybridized carbons (Fsp3) is 0.444. The smallest absolute Gasteiger partial charge is 0.407 e. The molecule has 2 aliphatic carbocycles. The highest BCUT2D eigenvalue weighted by Gasteiger charge is 2.42. The maximum absolute atomic E-state index is 13.1. The fourth-order valence-corrected chi connectivity index (χ4v) is 5.05. The highest BCUT2D eigenvalue weighted by molar-refractivity contribution is 5.87. The topological polar surface area (TPSA) is 105 Å². The van der Waals surface area contributed by atoms with Gasteiger partial charge >= 0.3 is 12.1 Å². The lowest BCUT2D eigenvalue weighted by Crippen LogP contribution is -2.60. The summed E-state index contributed by atoms with van der Waals surface area (Å²) < 4.78 is 5.63. The van der Waals surface area contributed by atoms with Crippen molar-refractivity contribution in [2.45, 2.75) is 63.5 Å². The normalized spacial score (nSPS) is 17.5. The Morgan fingerprint density at radius 2 is 1.65 bits per heavy atom. The van der Waals surface area contributed by atoms with Gasteiger partial charge in [-0.25, -0.2) is 4.79 Å². The van der Waals surface area contributed by atoms with Crippen LogP contribution in [-0.4, -0.2) is 41.3 Å². The van der Waals surface area contributed by atoms with E-state index in [4.69, 9.17) is 4.74 Å². The van der Waals surface area contributed by atoms with Crippen LogP contribution in [-0.2, 0) is 14.3 Å². The number of fused-ring (bicyclic) bond motifs is 3. The van der Waals surface area contributed by atoms with Crippen LogP contribution in [0, 0.1) is 5.92 Å². The number of alkyl carbamates (subject to hydrolysis) is 1. The van der Waals surface area contributed by atoms with Crippen LogP contribution in [0.3, 0.4) is 0 Å². The van der Waals surface area contributed by atoms with Gasteiger partial charge in [0.1, 0.15) is 12.6 Å². The molecule has 34 heavy (non-hydrogen) atoms. The van der Waals surface area contributed by atoms with Gasteiger partial charge in [-0.3, -0.25) is 9.59 Å². The second kappa shape index (κ2) is 9.87. The minimum atomic E-state index is -0.940. The molecule has 3 N–H and O–H groups in total. The molecule has 1 saturated carbocycles. The molecule has 0 bridgehead atoms. The van der Waals surface area contributed by atoms with Gasteiger partial charge in [0.2, 0.25) is 5.91 Å². The summed E-state index contributed by atoms with van der Waals surface area (Å²) in [4.78, 5) is 37.1. The van der Waals surface area contributed by atoms with Crippen LogP contribution in [0.5, 0.6) is 0 Å². The van der Waals surface area contributed by atoms with E-state index in [-0.39, 0.29) is 30.8 Å². The Kier molecular flexibility index (Phi) is 6.91. The first-order chi connectivity index (χ1) is 16.3. The van der Waals surface area contributed by atoms with Gasteiger partial charge in [0.25, 0.3) is 0 Å². The monoisotopic (exact) mass is 464 g/mol. The number of carbonyl (C=O) groups excluding carboxylic acids is 2. The molecule has 2 atom stereocenters. The third-order valence-electron chi connectivity index (χ3n) is 7.30. The number of carboxylic acids is 1. The summed E-state index contributed by atoms with van der Waals surface area (Å²) in [5, 5.41) is 14.9. The third kappa shape index (κ3) is 4.79. The molecule has 180 valence electrons. The van der Waals surface area contributed by atoms with E-state index in [0.717, 1.165) is 28.7 Å². The van der Waals surface area contributed by atoms with Crippen molar-refractivity contribution in [2.75, 3.05) is 6.61 Å². The highest BCUT2D eigenvalue weighted by atomic mass is 16.5. The second-order valence-electron chi connectivity index (χ2n) is 9.53. The summed E-state index contributed by atoms with van der Waals surface area (Å²) in [6, 6.07) is 15.4. The summed E-state index contributed by atoms with van der Waals surface area (Å²) in [6.45, 7) is 4.00. The Balaban J connectivity index is 1.42. The molecule has 4 rings (SSSR count). The van der Waals surface area contributed by atoms with Gasteiger partial charge in [-0.05, 0) is 47.4 Å². The number of ether oxygens (including phenoxy) is 1. The van der Waals surface area contributed by atoms with Crippen LogP contribution >= 0.6 is 0 Å². The molecule has 2 aromatic carbocycles. The first-order valence-electron chi connectivity index (χ1n) is 12.0. The number of nitrogens with one attached hydrogen (secondary N) is 2. The van der Waals surface area contributed by atoms with Gasteiger partial charge in [0.05, 0.1) is 12.0 Å². The van der Waals surface area contributed by atoms with Crippen molar-refractivity contribution in [3.63, 3.8) is 0 Å². The summed E-state index contributed by atoms with van der Waals surface area (Å²) in [7, 11) is 0. The van der Waals surface area contributed by atoms with Crippen molar-refractivity contribution in [1.29, 1.82) is 0 Å². The van der Waals surface area contributed by atoms with E-state index in [2.05, 4.69) is 34.9 Å². The minimum Gasteiger partial charge on any atom is -0.481 e. The molecule has 1 fully saturated rings. The van der Waals surface area contributed by atoms with Crippen molar-refractivity contribution in [2.24, 2.45) is 5.92 Å². The van der Waals surface area contributed by atoms with Crippen LogP contribution in [0.1, 0.15) is 63.0 Å².